The van der Waals surface area contributed by atoms with Crippen LogP contribution in [0, 0.1) is 12.3 Å². The number of morpholine rings is 1. The van der Waals surface area contributed by atoms with Crippen LogP contribution in [0.5, 0.6) is 0 Å². The summed E-state index contributed by atoms with van der Waals surface area (Å²) in [4.78, 5) is 25.9. The number of thiazole rings is 1. The van der Waals surface area contributed by atoms with Crippen LogP contribution in [0.4, 0.5) is 5.82 Å². The van der Waals surface area contributed by atoms with E-state index >= 15 is 0 Å². The Morgan fingerprint density at radius 1 is 1.18 bits per heavy atom. The van der Waals surface area contributed by atoms with E-state index < -0.39 is 9.84 Å². The molecule has 2 unspecified atom stereocenters. The van der Waals surface area contributed by atoms with E-state index in [2.05, 4.69) is 20.8 Å². The molecule has 2 atom stereocenters. The van der Waals surface area contributed by atoms with Gasteiger partial charge >= 0.3 is 0 Å². The van der Waals surface area contributed by atoms with Crippen molar-refractivity contribution in [2.45, 2.75) is 23.4 Å². The fourth-order valence-electron chi connectivity index (χ4n) is 4.46. The number of carbonyl (C=O) groups is 1. The van der Waals surface area contributed by atoms with Gasteiger partial charge < -0.3 is 14.5 Å². The first-order valence-corrected chi connectivity index (χ1v) is 13.1. The zero-order chi connectivity index (χ0) is 23.0. The number of anilines is 1. The van der Waals surface area contributed by atoms with Crippen molar-refractivity contribution in [1.29, 1.82) is 0 Å². The fraction of sp³-hybridized carbons (Fsp3) is 0.348. The number of sulfone groups is 1. The molecule has 2 saturated heterocycles. The van der Waals surface area contributed by atoms with Crippen molar-refractivity contribution in [3.8, 4) is 12.3 Å². The Kier molecular flexibility index (Phi) is 5.78. The van der Waals surface area contributed by atoms with Crippen molar-refractivity contribution in [2.75, 3.05) is 37.0 Å². The predicted octanol–water partition coefficient (Wildman–Crippen LogP) is 1.95. The lowest BCUT2D eigenvalue weighted by Gasteiger charge is -2.50. The van der Waals surface area contributed by atoms with Gasteiger partial charge in [-0.25, -0.2) is 18.4 Å². The molecule has 1 aromatic carbocycles. The lowest BCUT2D eigenvalue weighted by molar-refractivity contribution is -0.134. The van der Waals surface area contributed by atoms with Gasteiger partial charge in [-0.3, -0.25) is 4.79 Å². The summed E-state index contributed by atoms with van der Waals surface area (Å²) in [6.07, 6.45) is 7.03. The number of fused-ring (bicyclic) bond motifs is 3. The Balaban J connectivity index is 1.27. The van der Waals surface area contributed by atoms with Gasteiger partial charge in [-0.15, -0.1) is 17.8 Å². The second-order valence-corrected chi connectivity index (χ2v) is 11.1. The van der Waals surface area contributed by atoms with Crippen LogP contribution < -0.4 is 4.90 Å². The number of terminal acetylenes is 1. The molecule has 0 spiro atoms. The number of rotatable bonds is 5. The van der Waals surface area contributed by atoms with Crippen LogP contribution >= 0.6 is 11.3 Å². The van der Waals surface area contributed by atoms with Crippen molar-refractivity contribution in [3.05, 3.63) is 47.6 Å². The van der Waals surface area contributed by atoms with E-state index in [1.165, 1.54) is 11.3 Å². The van der Waals surface area contributed by atoms with Crippen LogP contribution in [0.1, 0.15) is 12.0 Å². The highest BCUT2D eigenvalue weighted by molar-refractivity contribution is 7.91. The van der Waals surface area contributed by atoms with Crippen molar-refractivity contribution in [3.63, 3.8) is 0 Å². The Bertz CT molecular complexity index is 1320. The maximum atomic E-state index is 13.0. The minimum absolute atomic E-state index is 0.0480. The molecular weight excluding hydrogens is 460 g/mol. The minimum Gasteiger partial charge on any atom is -0.377 e. The number of aromatic nitrogens is 2. The summed E-state index contributed by atoms with van der Waals surface area (Å²) in [6.45, 7) is 1.87. The molecule has 4 heterocycles. The summed E-state index contributed by atoms with van der Waals surface area (Å²) < 4.78 is 32.3. The first-order chi connectivity index (χ1) is 16.0. The molecule has 2 bridgehead atoms. The zero-order valence-electron chi connectivity index (χ0n) is 17.8. The topological polar surface area (TPSA) is 92.7 Å². The molecule has 170 valence electrons. The maximum Gasteiger partial charge on any atom is 0.223 e. The summed E-state index contributed by atoms with van der Waals surface area (Å²) in [5, 5.41) is 0. The molecule has 33 heavy (non-hydrogen) atoms. The van der Waals surface area contributed by atoms with E-state index in [0.717, 1.165) is 5.82 Å². The molecular formula is C23H22N4O4S2. The van der Waals surface area contributed by atoms with Crippen LogP contribution in [-0.4, -0.2) is 73.3 Å². The highest BCUT2D eigenvalue weighted by atomic mass is 32.2. The smallest absolute Gasteiger partial charge is 0.223 e. The summed E-state index contributed by atoms with van der Waals surface area (Å²) >= 11 is 1.29. The minimum atomic E-state index is -3.61. The van der Waals surface area contributed by atoms with Gasteiger partial charge in [-0.1, -0.05) is 12.0 Å². The summed E-state index contributed by atoms with van der Waals surface area (Å²) in [5.41, 5.74) is 2.99. The number of hydrogen-bond donors (Lipinski definition) is 0. The maximum absolute atomic E-state index is 13.0. The Labute approximate surface area is 196 Å². The molecule has 5 rings (SSSR count). The van der Waals surface area contributed by atoms with Crippen molar-refractivity contribution in [2.24, 2.45) is 0 Å². The standard InChI is InChI=1S/C23H22N4O4S2/c1-2-16-6-7-21(24-10-16)27-17-11-26(12-18(27)14-31-13-17)22(28)8-9-33(29,30)20-5-3-4-19-23(20)32-15-25-19/h1,3-7,10,15,17-18H,8-9,11-14H2. The van der Waals surface area contributed by atoms with Crippen molar-refractivity contribution >= 4 is 43.1 Å². The summed E-state index contributed by atoms with van der Waals surface area (Å²) in [5.74, 6) is 2.97. The van der Waals surface area contributed by atoms with Crippen LogP contribution in [0.15, 0.2) is 46.9 Å². The molecule has 2 aromatic heterocycles. The van der Waals surface area contributed by atoms with Crippen molar-refractivity contribution < 1.29 is 17.9 Å². The van der Waals surface area contributed by atoms with E-state index in [1.54, 1.807) is 34.8 Å². The van der Waals surface area contributed by atoms with E-state index in [4.69, 9.17) is 11.2 Å². The summed E-state index contributed by atoms with van der Waals surface area (Å²) in [6, 6.07) is 8.70. The van der Waals surface area contributed by atoms with E-state index in [9.17, 15) is 13.2 Å². The van der Waals surface area contributed by atoms with Gasteiger partial charge in [0.05, 0.1) is 51.7 Å². The third-order valence-electron chi connectivity index (χ3n) is 6.04. The van der Waals surface area contributed by atoms with Crippen molar-refractivity contribution in [1.82, 2.24) is 14.9 Å². The van der Waals surface area contributed by atoms with Gasteiger partial charge in [0, 0.05) is 31.3 Å². The average molecular weight is 483 g/mol. The lowest BCUT2D eigenvalue weighted by atomic mass is 10.0. The number of nitrogens with zero attached hydrogens (tertiary/aromatic N) is 4. The number of pyridine rings is 1. The van der Waals surface area contributed by atoms with Gasteiger partial charge in [-0.05, 0) is 24.3 Å². The summed E-state index contributed by atoms with van der Waals surface area (Å²) in [7, 11) is -3.61. The van der Waals surface area contributed by atoms with Gasteiger partial charge in [0.1, 0.15) is 5.82 Å². The number of benzene rings is 1. The highest BCUT2D eigenvalue weighted by Gasteiger charge is 2.40. The number of amides is 1. The van der Waals surface area contributed by atoms with Crippen LogP contribution in [0.2, 0.25) is 0 Å². The molecule has 2 aliphatic rings. The van der Waals surface area contributed by atoms with E-state index in [0.29, 0.717) is 42.1 Å². The number of hydrogen-bond acceptors (Lipinski definition) is 8. The quantitative estimate of drug-likeness (QED) is 0.513. The monoisotopic (exact) mass is 482 g/mol. The predicted molar refractivity (Wildman–Crippen MR) is 126 cm³/mol. The third kappa shape index (κ3) is 4.19. The molecule has 3 aromatic rings. The SMILES string of the molecule is C#Cc1ccc(N2C3COCC2CN(C(=O)CCS(=O)(=O)c2cccc4ncsc24)C3)nc1. The van der Waals surface area contributed by atoms with Crippen LogP contribution in [-0.2, 0) is 19.4 Å². The average Bonchev–Trinajstić information content (AvgIpc) is 3.31. The van der Waals surface area contributed by atoms with E-state index in [1.807, 2.05) is 12.1 Å². The zero-order valence-corrected chi connectivity index (χ0v) is 19.4. The Morgan fingerprint density at radius 2 is 1.97 bits per heavy atom. The molecule has 0 N–H and O–H groups in total. The molecule has 10 heteroatoms. The van der Waals surface area contributed by atoms with Gasteiger partial charge in [0.15, 0.2) is 9.84 Å². The van der Waals surface area contributed by atoms with Gasteiger partial charge in [0.2, 0.25) is 5.91 Å². The fourth-order valence-corrected chi connectivity index (χ4v) is 7.02. The first-order valence-electron chi connectivity index (χ1n) is 10.6. The Morgan fingerprint density at radius 3 is 2.67 bits per heavy atom. The van der Waals surface area contributed by atoms with Gasteiger partial charge in [0.25, 0.3) is 0 Å². The normalized spacial score (nSPS) is 20.6. The molecule has 2 fully saturated rings. The largest absolute Gasteiger partial charge is 0.377 e. The second kappa shape index (κ2) is 8.74. The van der Waals surface area contributed by atoms with E-state index in [-0.39, 0.29) is 35.1 Å². The third-order valence-corrected chi connectivity index (χ3v) is 8.80. The first kappa shape index (κ1) is 21.8. The molecule has 8 nitrogen and oxygen atoms in total. The molecule has 0 radical (unpaired) electrons. The number of piperazine rings is 1. The van der Waals surface area contributed by atoms with Crippen LogP contribution in [0.3, 0.4) is 0 Å². The molecule has 0 aliphatic carbocycles. The lowest BCUT2D eigenvalue weighted by Crippen LogP contribution is -2.66. The highest BCUT2D eigenvalue weighted by Crippen LogP contribution is 2.29. The van der Waals surface area contributed by atoms with Crippen LogP contribution in [0.25, 0.3) is 10.2 Å². The Hall–Kier alpha value is -3.00. The second-order valence-electron chi connectivity index (χ2n) is 8.13. The number of carbonyl (C=O) groups excluding carboxylic acids is 1. The molecule has 2 aliphatic heterocycles. The molecule has 1 amide bonds. The van der Waals surface area contributed by atoms with Gasteiger partial charge in [-0.2, -0.15) is 0 Å². The number of ether oxygens (including phenoxy) is 1. The molecule has 0 saturated carbocycles.